The molecule has 0 aliphatic carbocycles. The number of halogens is 2. The van der Waals surface area contributed by atoms with E-state index in [-0.39, 0.29) is 46.5 Å². The summed E-state index contributed by atoms with van der Waals surface area (Å²) in [5.74, 6) is 0.105. The average Bonchev–Trinajstić information content (AvgIpc) is 3.77. The van der Waals surface area contributed by atoms with Gasteiger partial charge in [0.25, 0.3) is 0 Å². The van der Waals surface area contributed by atoms with Gasteiger partial charge in [-0.2, -0.15) is 9.97 Å². The van der Waals surface area contributed by atoms with E-state index in [1.165, 1.54) is 12.1 Å². The van der Waals surface area contributed by atoms with Crippen molar-refractivity contribution in [2.24, 2.45) is 5.92 Å². The first kappa shape index (κ1) is 27.0. The number of aromatic nitrogens is 3. The molecule has 4 aliphatic heterocycles. The Morgan fingerprint density at radius 2 is 2.07 bits per heavy atom. The van der Waals surface area contributed by atoms with Gasteiger partial charge in [-0.25, -0.2) is 8.78 Å². The number of hydrogen-bond acceptors (Lipinski definition) is 8. The molecule has 0 radical (unpaired) electrons. The number of anilines is 1. The molecule has 43 heavy (non-hydrogen) atoms. The Balaban J connectivity index is 1.28. The molecule has 4 saturated heterocycles. The molecule has 0 unspecified atom stereocenters. The van der Waals surface area contributed by atoms with Gasteiger partial charge in [-0.3, -0.25) is 9.88 Å². The number of aromatic hydroxyl groups is 1. The second kappa shape index (κ2) is 9.95. The Bertz CT molecular complexity index is 1770. The van der Waals surface area contributed by atoms with E-state index in [0.717, 1.165) is 38.8 Å². The summed E-state index contributed by atoms with van der Waals surface area (Å²) in [6.45, 7) is 7.96. The molecule has 8 nitrogen and oxygen atoms in total. The zero-order valence-corrected chi connectivity index (χ0v) is 24.4. The van der Waals surface area contributed by atoms with Crippen LogP contribution in [0.3, 0.4) is 0 Å². The highest BCUT2D eigenvalue weighted by molar-refractivity contribution is 6.01. The number of ether oxygens (including phenoxy) is 2. The Kier molecular flexibility index (Phi) is 6.24. The van der Waals surface area contributed by atoms with Crippen molar-refractivity contribution in [3.05, 3.63) is 47.7 Å². The molecule has 0 spiro atoms. The first-order chi connectivity index (χ1) is 20.8. The fourth-order valence-electron chi connectivity index (χ4n) is 8.21. The SMILES string of the molecule is CCc1c(F)ccc2cc(O)cc(-c3ncc4c(N5C[C@@H]6C[C@H]5CO6)nc(OC[C@@]56CCCN5C[C@H](C)C6)nc4c3F)c12. The van der Waals surface area contributed by atoms with Crippen LogP contribution in [0.4, 0.5) is 14.6 Å². The van der Waals surface area contributed by atoms with Gasteiger partial charge in [0.15, 0.2) is 5.82 Å². The molecule has 2 aromatic heterocycles. The molecule has 2 aromatic carbocycles. The summed E-state index contributed by atoms with van der Waals surface area (Å²) in [5.41, 5.74) is 0.825. The lowest BCUT2D eigenvalue weighted by molar-refractivity contribution is 0.0984. The maximum atomic E-state index is 16.8. The summed E-state index contributed by atoms with van der Waals surface area (Å²) in [5, 5.41) is 12.2. The minimum absolute atomic E-state index is 0.000700. The van der Waals surface area contributed by atoms with Gasteiger partial charge in [-0.05, 0) is 79.1 Å². The monoisotopic (exact) mass is 587 g/mol. The molecule has 1 N–H and O–H groups in total. The minimum Gasteiger partial charge on any atom is -0.508 e. The number of phenolic OH excluding ortho intramolecular Hbond substituents is 1. The van der Waals surface area contributed by atoms with Gasteiger partial charge in [0.1, 0.15) is 35.2 Å². The summed E-state index contributed by atoms with van der Waals surface area (Å²) in [6, 6.07) is 6.26. The topological polar surface area (TPSA) is 83.8 Å². The van der Waals surface area contributed by atoms with Crippen LogP contribution < -0.4 is 9.64 Å². The summed E-state index contributed by atoms with van der Waals surface area (Å²) < 4.78 is 43.9. The fourth-order valence-corrected chi connectivity index (χ4v) is 8.21. The molecule has 4 aromatic rings. The average molecular weight is 588 g/mol. The third-order valence-electron chi connectivity index (χ3n) is 10.0. The third kappa shape index (κ3) is 4.24. The summed E-state index contributed by atoms with van der Waals surface area (Å²) in [6.07, 6.45) is 6.26. The van der Waals surface area contributed by atoms with Crippen LogP contribution in [-0.4, -0.2) is 75.5 Å². The fraction of sp³-hybridized carbons (Fsp3) is 0.485. The van der Waals surface area contributed by atoms with E-state index in [1.807, 2.05) is 6.92 Å². The molecule has 0 amide bonds. The van der Waals surface area contributed by atoms with Gasteiger partial charge in [0, 0.05) is 24.8 Å². The highest BCUT2D eigenvalue weighted by Gasteiger charge is 2.48. The molecule has 2 bridgehead atoms. The van der Waals surface area contributed by atoms with Crippen LogP contribution >= 0.6 is 0 Å². The Hall–Kier alpha value is -3.63. The summed E-state index contributed by atoms with van der Waals surface area (Å²) in [4.78, 5) is 18.8. The van der Waals surface area contributed by atoms with Crippen LogP contribution in [-0.2, 0) is 11.2 Å². The third-order valence-corrected chi connectivity index (χ3v) is 10.0. The van der Waals surface area contributed by atoms with Crippen molar-refractivity contribution in [3.8, 4) is 23.0 Å². The van der Waals surface area contributed by atoms with E-state index in [4.69, 9.17) is 14.5 Å². The lowest BCUT2D eigenvalue weighted by Crippen LogP contribution is -2.43. The molecule has 8 rings (SSSR count). The van der Waals surface area contributed by atoms with Crippen LogP contribution in [0.1, 0.15) is 45.1 Å². The standard InChI is InChI=1S/C33H35F2N5O3/c1-3-23-26(34)6-5-19-9-21(41)11-24(27(19)23)29-28(35)30-25(13-36-29)31(40-15-22-10-20(40)16-42-22)38-32(37-30)43-17-33-7-4-8-39(33)14-18(2)12-33/h5-6,9,11,13,18,20,22,41H,3-4,7-8,10,12,14-17H2,1-2H3/t18-,20+,22+,33+/m1/s1. The quantitative estimate of drug-likeness (QED) is 0.311. The van der Waals surface area contributed by atoms with Gasteiger partial charge in [0.2, 0.25) is 0 Å². The zero-order valence-electron chi connectivity index (χ0n) is 24.4. The van der Waals surface area contributed by atoms with E-state index < -0.39 is 5.82 Å². The molecule has 4 fully saturated rings. The largest absolute Gasteiger partial charge is 0.508 e. The number of aryl methyl sites for hydroxylation is 1. The number of nitrogens with zero attached hydrogens (tertiary/aromatic N) is 5. The van der Waals surface area contributed by atoms with E-state index in [0.29, 0.717) is 65.2 Å². The zero-order chi connectivity index (χ0) is 29.5. The van der Waals surface area contributed by atoms with Crippen LogP contribution in [0.15, 0.2) is 30.5 Å². The van der Waals surface area contributed by atoms with Gasteiger partial charge in [-0.15, -0.1) is 0 Å². The van der Waals surface area contributed by atoms with Crippen molar-refractivity contribution < 1.29 is 23.4 Å². The predicted molar refractivity (Wildman–Crippen MR) is 160 cm³/mol. The van der Waals surface area contributed by atoms with Gasteiger partial charge in [-0.1, -0.05) is 19.9 Å². The maximum Gasteiger partial charge on any atom is 0.319 e. The first-order valence-corrected chi connectivity index (χ1v) is 15.4. The second-order valence-corrected chi connectivity index (χ2v) is 12.9. The lowest BCUT2D eigenvalue weighted by atomic mass is 9.92. The number of phenols is 1. The Morgan fingerprint density at radius 3 is 2.86 bits per heavy atom. The summed E-state index contributed by atoms with van der Waals surface area (Å²) >= 11 is 0. The molecule has 4 aliphatic rings. The van der Waals surface area contributed by atoms with E-state index in [2.05, 4.69) is 26.7 Å². The molecule has 6 heterocycles. The molecule has 4 atom stereocenters. The summed E-state index contributed by atoms with van der Waals surface area (Å²) in [7, 11) is 0. The number of fused-ring (bicyclic) bond motifs is 5. The van der Waals surface area contributed by atoms with Crippen LogP contribution in [0, 0.1) is 17.6 Å². The first-order valence-electron chi connectivity index (χ1n) is 15.4. The van der Waals surface area contributed by atoms with Crippen molar-refractivity contribution >= 4 is 27.5 Å². The molecule has 10 heteroatoms. The minimum atomic E-state index is -0.653. The Labute approximate surface area is 248 Å². The van der Waals surface area contributed by atoms with E-state index >= 15 is 4.39 Å². The normalized spacial score (nSPS) is 26.7. The number of benzene rings is 2. The van der Waals surface area contributed by atoms with Crippen LogP contribution in [0.2, 0.25) is 0 Å². The highest BCUT2D eigenvalue weighted by atomic mass is 19.1. The number of hydrogen-bond donors (Lipinski definition) is 1. The van der Waals surface area contributed by atoms with Gasteiger partial charge in [0.05, 0.1) is 29.7 Å². The van der Waals surface area contributed by atoms with Crippen molar-refractivity contribution in [3.63, 3.8) is 0 Å². The van der Waals surface area contributed by atoms with Crippen molar-refractivity contribution in [2.45, 2.75) is 63.6 Å². The lowest BCUT2D eigenvalue weighted by Gasteiger charge is -2.32. The smallest absolute Gasteiger partial charge is 0.319 e. The molecule has 224 valence electrons. The highest BCUT2D eigenvalue weighted by Crippen LogP contribution is 2.43. The molecular weight excluding hydrogens is 552 g/mol. The molecular formula is C33H35F2N5O3. The van der Waals surface area contributed by atoms with Crippen LogP contribution in [0.5, 0.6) is 11.8 Å². The van der Waals surface area contributed by atoms with Crippen molar-refractivity contribution in [1.82, 2.24) is 19.9 Å². The number of rotatable bonds is 6. The van der Waals surface area contributed by atoms with Gasteiger partial charge >= 0.3 is 6.01 Å². The number of pyridine rings is 1. The van der Waals surface area contributed by atoms with Gasteiger partial charge < -0.3 is 19.5 Å². The second-order valence-electron chi connectivity index (χ2n) is 12.9. The Morgan fingerprint density at radius 1 is 1.19 bits per heavy atom. The van der Waals surface area contributed by atoms with Crippen molar-refractivity contribution in [2.75, 3.05) is 37.7 Å². The van der Waals surface area contributed by atoms with E-state index in [9.17, 15) is 9.50 Å². The van der Waals surface area contributed by atoms with Crippen molar-refractivity contribution in [1.29, 1.82) is 0 Å². The van der Waals surface area contributed by atoms with E-state index in [1.54, 1.807) is 18.3 Å². The maximum absolute atomic E-state index is 16.8. The number of morpholine rings is 1. The predicted octanol–water partition coefficient (Wildman–Crippen LogP) is 5.62. The van der Waals surface area contributed by atoms with Crippen LogP contribution in [0.25, 0.3) is 32.9 Å². The molecule has 0 saturated carbocycles.